The minimum atomic E-state index is -0.0941. The predicted molar refractivity (Wildman–Crippen MR) is 71.7 cm³/mol. The molecule has 0 unspecified atom stereocenters. The molecular weight excluding hydrogens is 214 g/mol. The summed E-state index contributed by atoms with van der Waals surface area (Å²) in [6, 6.07) is 5.01. The molecule has 4 heteroatoms. The number of aliphatic imine (C=N–C) groups is 2. The fraction of sp³-hybridized carbons (Fsp3) is 0.308. The Balaban J connectivity index is 3.16. The third-order valence-corrected chi connectivity index (χ3v) is 2.28. The molecule has 1 aromatic heterocycles. The van der Waals surface area contributed by atoms with Gasteiger partial charge >= 0.3 is 0 Å². The highest BCUT2D eigenvalue weighted by atomic mass is 16.1. The monoisotopic (exact) mass is 231 g/mol. The summed E-state index contributed by atoms with van der Waals surface area (Å²) in [6.07, 6.45) is 3.31. The van der Waals surface area contributed by atoms with Crippen molar-refractivity contribution in [3.05, 3.63) is 46.6 Å². The third kappa shape index (κ3) is 3.52. The van der Waals surface area contributed by atoms with Crippen LogP contribution in [0.15, 0.2) is 51.1 Å². The molecule has 0 aliphatic rings. The molecule has 1 aromatic rings. The van der Waals surface area contributed by atoms with Crippen LogP contribution in [0.3, 0.4) is 0 Å². The van der Waals surface area contributed by atoms with Gasteiger partial charge in [-0.05, 0) is 25.6 Å². The Morgan fingerprint density at radius 3 is 2.71 bits per heavy atom. The molecule has 4 nitrogen and oxygen atoms in total. The lowest BCUT2D eigenvalue weighted by Crippen LogP contribution is -2.23. The summed E-state index contributed by atoms with van der Waals surface area (Å²) in [5.74, 6) is 0.856. The van der Waals surface area contributed by atoms with E-state index in [0.29, 0.717) is 5.84 Å². The van der Waals surface area contributed by atoms with Crippen molar-refractivity contribution in [1.82, 2.24) is 4.57 Å². The number of hydrogen-bond acceptors (Lipinski definition) is 3. The molecule has 1 rings (SSSR count). The smallest absolute Gasteiger partial charge is 0.255 e. The van der Waals surface area contributed by atoms with Gasteiger partial charge in [-0.25, -0.2) is 4.99 Å². The van der Waals surface area contributed by atoms with Gasteiger partial charge in [-0.3, -0.25) is 14.4 Å². The van der Waals surface area contributed by atoms with E-state index in [-0.39, 0.29) is 11.5 Å². The van der Waals surface area contributed by atoms with E-state index in [1.54, 1.807) is 31.5 Å². The highest BCUT2D eigenvalue weighted by Crippen LogP contribution is 2.11. The first-order chi connectivity index (χ1) is 8.06. The Morgan fingerprint density at radius 2 is 2.18 bits per heavy atom. The highest BCUT2D eigenvalue weighted by molar-refractivity contribution is 5.82. The molecule has 0 spiro atoms. The lowest BCUT2D eigenvalue weighted by atomic mass is 10.1. The number of rotatable bonds is 3. The van der Waals surface area contributed by atoms with Crippen molar-refractivity contribution in [3.8, 4) is 0 Å². The highest BCUT2D eigenvalue weighted by Gasteiger charge is 2.03. The Morgan fingerprint density at radius 1 is 1.47 bits per heavy atom. The molecule has 0 amide bonds. The molecule has 0 N–H and O–H groups in total. The van der Waals surface area contributed by atoms with E-state index in [2.05, 4.69) is 16.7 Å². The van der Waals surface area contributed by atoms with Gasteiger partial charge in [0.25, 0.3) is 5.56 Å². The van der Waals surface area contributed by atoms with Crippen LogP contribution in [0.25, 0.3) is 0 Å². The van der Waals surface area contributed by atoms with Crippen LogP contribution in [-0.2, 0) is 0 Å². The molecule has 1 heterocycles. The average molecular weight is 231 g/mol. The van der Waals surface area contributed by atoms with E-state index in [1.165, 1.54) is 10.6 Å². The van der Waals surface area contributed by atoms with E-state index < -0.39 is 0 Å². The Bertz CT molecular complexity index is 509. The number of aromatic nitrogens is 1. The van der Waals surface area contributed by atoms with Crippen LogP contribution in [0.5, 0.6) is 0 Å². The first kappa shape index (κ1) is 13.1. The van der Waals surface area contributed by atoms with Crippen molar-refractivity contribution in [1.29, 1.82) is 0 Å². The molecule has 0 saturated carbocycles. The van der Waals surface area contributed by atoms with Crippen molar-refractivity contribution in [2.24, 2.45) is 15.9 Å². The van der Waals surface area contributed by atoms with Crippen LogP contribution in [0.2, 0.25) is 0 Å². The van der Waals surface area contributed by atoms with E-state index in [9.17, 15) is 4.79 Å². The molecule has 0 atom stereocenters. The second kappa shape index (κ2) is 5.94. The van der Waals surface area contributed by atoms with E-state index in [4.69, 9.17) is 0 Å². The van der Waals surface area contributed by atoms with Gasteiger partial charge in [0, 0.05) is 18.5 Å². The maximum Gasteiger partial charge on any atom is 0.255 e. The standard InChI is InChI=1S/C13H17N3O/c1-10(2)12(9-14-4)15-11(3)16-8-6-5-7-13(16)17/h5-10H,4H2,1-3H3/b12-9-,15-11?. The maximum atomic E-state index is 11.6. The zero-order valence-electron chi connectivity index (χ0n) is 10.4. The number of nitrogens with zero attached hydrogens (tertiary/aromatic N) is 3. The Hall–Kier alpha value is -1.97. The van der Waals surface area contributed by atoms with Crippen molar-refractivity contribution >= 4 is 12.6 Å². The first-order valence-electron chi connectivity index (χ1n) is 5.45. The van der Waals surface area contributed by atoms with Crippen LogP contribution >= 0.6 is 0 Å². The van der Waals surface area contributed by atoms with Crippen molar-refractivity contribution < 1.29 is 0 Å². The van der Waals surface area contributed by atoms with Gasteiger partial charge in [0.1, 0.15) is 5.84 Å². The van der Waals surface area contributed by atoms with Crippen LogP contribution in [0.1, 0.15) is 20.8 Å². The zero-order valence-corrected chi connectivity index (χ0v) is 10.4. The number of pyridine rings is 1. The molecule has 0 aromatic carbocycles. The lowest BCUT2D eigenvalue weighted by Gasteiger charge is -2.08. The van der Waals surface area contributed by atoms with Crippen molar-refractivity contribution in [3.63, 3.8) is 0 Å². The topological polar surface area (TPSA) is 46.7 Å². The van der Waals surface area contributed by atoms with Gasteiger partial charge in [-0.2, -0.15) is 0 Å². The molecule has 0 saturated heterocycles. The maximum absolute atomic E-state index is 11.6. The summed E-state index contributed by atoms with van der Waals surface area (Å²) in [6.45, 7) is 9.24. The largest absolute Gasteiger partial charge is 0.272 e. The normalized spacial score (nSPS) is 12.9. The quantitative estimate of drug-likeness (QED) is 0.581. The van der Waals surface area contributed by atoms with Gasteiger partial charge < -0.3 is 0 Å². The molecular formula is C13H17N3O. The van der Waals surface area contributed by atoms with Crippen LogP contribution < -0.4 is 5.56 Å². The van der Waals surface area contributed by atoms with Crippen LogP contribution in [-0.4, -0.2) is 17.1 Å². The van der Waals surface area contributed by atoms with Crippen molar-refractivity contribution in [2.75, 3.05) is 0 Å². The SMILES string of the molecule is C=N/C=C(\N=C(C)n1ccccc1=O)C(C)C. The average Bonchev–Trinajstić information content (AvgIpc) is 2.28. The fourth-order valence-corrected chi connectivity index (χ4v) is 1.34. The summed E-state index contributed by atoms with van der Waals surface area (Å²) in [4.78, 5) is 19.7. The third-order valence-electron chi connectivity index (χ3n) is 2.28. The van der Waals surface area contributed by atoms with Gasteiger partial charge in [0.2, 0.25) is 0 Å². The second-order valence-corrected chi connectivity index (χ2v) is 3.96. The van der Waals surface area contributed by atoms with Gasteiger partial charge in [-0.15, -0.1) is 0 Å². The zero-order chi connectivity index (χ0) is 12.8. The molecule has 17 heavy (non-hydrogen) atoms. The van der Waals surface area contributed by atoms with E-state index >= 15 is 0 Å². The molecule has 90 valence electrons. The fourth-order valence-electron chi connectivity index (χ4n) is 1.34. The van der Waals surface area contributed by atoms with Gasteiger partial charge in [-0.1, -0.05) is 19.9 Å². The summed E-state index contributed by atoms with van der Waals surface area (Å²) in [5, 5.41) is 0. The molecule has 0 radical (unpaired) electrons. The van der Waals surface area contributed by atoms with Gasteiger partial charge in [0.15, 0.2) is 0 Å². The lowest BCUT2D eigenvalue weighted by molar-refractivity contribution is 0.751. The Kier molecular flexibility index (Phi) is 4.57. The summed E-state index contributed by atoms with van der Waals surface area (Å²) >= 11 is 0. The Labute approximate surface area is 101 Å². The minimum Gasteiger partial charge on any atom is -0.272 e. The summed E-state index contributed by atoms with van der Waals surface area (Å²) < 4.78 is 1.50. The number of hydrogen-bond donors (Lipinski definition) is 0. The molecule has 0 aliphatic carbocycles. The number of allylic oxidation sites excluding steroid dienone is 1. The minimum absolute atomic E-state index is 0.0941. The van der Waals surface area contributed by atoms with E-state index in [0.717, 1.165) is 5.70 Å². The van der Waals surface area contributed by atoms with E-state index in [1.807, 2.05) is 13.8 Å². The van der Waals surface area contributed by atoms with Crippen LogP contribution in [0, 0.1) is 5.92 Å². The summed E-state index contributed by atoms with van der Waals surface area (Å²) in [5.41, 5.74) is 0.705. The molecule has 0 aliphatic heterocycles. The molecule has 0 fully saturated rings. The van der Waals surface area contributed by atoms with Crippen molar-refractivity contribution in [2.45, 2.75) is 20.8 Å². The second-order valence-electron chi connectivity index (χ2n) is 3.96. The van der Waals surface area contributed by atoms with Crippen LogP contribution in [0.4, 0.5) is 0 Å². The predicted octanol–water partition coefficient (Wildman–Crippen LogP) is 2.31. The summed E-state index contributed by atoms with van der Waals surface area (Å²) in [7, 11) is 0. The first-order valence-corrected chi connectivity index (χ1v) is 5.45. The molecule has 0 bridgehead atoms. The van der Waals surface area contributed by atoms with Gasteiger partial charge in [0.05, 0.1) is 5.70 Å².